The highest BCUT2D eigenvalue weighted by molar-refractivity contribution is 5.73. The largest absolute Gasteiger partial charge is 0.343 e. The van der Waals surface area contributed by atoms with Gasteiger partial charge in [0.1, 0.15) is 0 Å². The summed E-state index contributed by atoms with van der Waals surface area (Å²) in [5.41, 5.74) is 4.18. The summed E-state index contributed by atoms with van der Waals surface area (Å²) >= 11 is 0. The van der Waals surface area contributed by atoms with Gasteiger partial charge in [0.15, 0.2) is 0 Å². The fraction of sp³-hybridized carbons (Fsp3) is 0.611. The zero-order chi connectivity index (χ0) is 15.2. The Morgan fingerprint density at radius 1 is 1.24 bits per heavy atom. The molecule has 1 aromatic rings. The van der Waals surface area contributed by atoms with Crippen molar-refractivity contribution in [2.45, 2.75) is 46.6 Å². The molecule has 21 heavy (non-hydrogen) atoms. The van der Waals surface area contributed by atoms with Crippen molar-refractivity contribution in [2.24, 2.45) is 5.92 Å². The number of carbonyl (C=O) groups is 1. The Hall–Kier alpha value is -1.35. The molecule has 0 bridgehead atoms. The van der Waals surface area contributed by atoms with E-state index in [0.717, 1.165) is 44.9 Å². The molecular weight excluding hydrogens is 260 g/mol. The van der Waals surface area contributed by atoms with Gasteiger partial charge >= 0.3 is 0 Å². The second-order valence-electron chi connectivity index (χ2n) is 6.29. The number of carbonyl (C=O) groups excluding carboxylic acids is 1. The van der Waals surface area contributed by atoms with Crippen LogP contribution in [0.1, 0.15) is 42.9 Å². The molecule has 0 unspecified atom stereocenters. The highest BCUT2D eigenvalue weighted by Gasteiger charge is 2.20. The summed E-state index contributed by atoms with van der Waals surface area (Å²) in [7, 11) is 0. The van der Waals surface area contributed by atoms with Crippen molar-refractivity contribution in [3.63, 3.8) is 0 Å². The van der Waals surface area contributed by atoms with Gasteiger partial charge in [-0.2, -0.15) is 0 Å². The van der Waals surface area contributed by atoms with E-state index in [0.29, 0.717) is 0 Å². The minimum atomic E-state index is 0.224. The maximum atomic E-state index is 11.3. The second kappa shape index (κ2) is 7.60. The van der Waals surface area contributed by atoms with Crippen molar-refractivity contribution in [1.82, 2.24) is 10.2 Å². The zero-order valence-electron chi connectivity index (χ0n) is 13.6. The van der Waals surface area contributed by atoms with Crippen LogP contribution in [-0.4, -0.2) is 30.4 Å². The summed E-state index contributed by atoms with van der Waals surface area (Å²) < 4.78 is 0. The average Bonchev–Trinajstić information content (AvgIpc) is 2.46. The number of nitrogens with one attached hydrogen (secondary N) is 1. The number of hydrogen-bond donors (Lipinski definition) is 1. The molecule has 1 heterocycles. The van der Waals surface area contributed by atoms with E-state index in [9.17, 15) is 4.79 Å². The number of benzene rings is 1. The summed E-state index contributed by atoms with van der Waals surface area (Å²) in [6.45, 7) is 9.95. The smallest absolute Gasteiger partial charge is 0.219 e. The van der Waals surface area contributed by atoms with E-state index in [2.05, 4.69) is 37.4 Å². The average molecular weight is 288 g/mol. The van der Waals surface area contributed by atoms with Gasteiger partial charge in [0.25, 0.3) is 0 Å². The molecular formula is C18H28N2O. The van der Waals surface area contributed by atoms with Gasteiger partial charge in [-0.1, -0.05) is 18.2 Å². The molecule has 0 atom stereocenters. The van der Waals surface area contributed by atoms with Crippen LogP contribution in [0.25, 0.3) is 0 Å². The van der Waals surface area contributed by atoms with Crippen molar-refractivity contribution in [3.8, 4) is 0 Å². The predicted molar refractivity (Wildman–Crippen MR) is 87.2 cm³/mol. The van der Waals surface area contributed by atoms with Gasteiger partial charge in [-0.25, -0.2) is 0 Å². The number of rotatable bonds is 5. The van der Waals surface area contributed by atoms with Crippen LogP contribution < -0.4 is 5.32 Å². The van der Waals surface area contributed by atoms with Crippen LogP contribution in [0.2, 0.25) is 0 Å². The van der Waals surface area contributed by atoms with Crippen LogP contribution in [-0.2, 0) is 11.3 Å². The Bertz CT molecular complexity index is 456. The Balaban J connectivity index is 1.68. The third-order valence-corrected chi connectivity index (χ3v) is 4.74. The molecule has 1 amide bonds. The molecule has 3 nitrogen and oxygen atoms in total. The molecule has 1 saturated heterocycles. The summed E-state index contributed by atoms with van der Waals surface area (Å²) in [5.74, 6) is 0.993. The molecule has 2 rings (SSSR count). The maximum absolute atomic E-state index is 11.3. The molecule has 1 aromatic carbocycles. The maximum Gasteiger partial charge on any atom is 0.219 e. The Kier molecular flexibility index (Phi) is 5.80. The first kappa shape index (κ1) is 16.0. The molecule has 1 fully saturated rings. The van der Waals surface area contributed by atoms with Crippen molar-refractivity contribution < 1.29 is 4.79 Å². The fourth-order valence-electron chi connectivity index (χ4n) is 3.18. The third-order valence-electron chi connectivity index (χ3n) is 4.74. The van der Waals surface area contributed by atoms with Crippen molar-refractivity contribution in [3.05, 3.63) is 34.9 Å². The molecule has 0 radical (unpaired) electrons. The lowest BCUT2D eigenvalue weighted by Crippen LogP contribution is -2.37. The van der Waals surface area contributed by atoms with Gasteiger partial charge in [0.2, 0.25) is 5.91 Å². The highest BCUT2D eigenvalue weighted by atomic mass is 16.2. The Morgan fingerprint density at radius 2 is 1.86 bits per heavy atom. The monoisotopic (exact) mass is 288 g/mol. The number of likely N-dealkylation sites (tertiary alicyclic amines) is 1. The van der Waals surface area contributed by atoms with Gasteiger partial charge in [-0.3, -0.25) is 4.79 Å². The van der Waals surface area contributed by atoms with E-state index in [4.69, 9.17) is 0 Å². The standard InChI is InChI=1S/C18H28N2O/c1-14-5-4-6-15(2)18(14)13-19-10-7-17-8-11-20(12-9-17)16(3)21/h4-6,17,19H,7-13H2,1-3H3. The highest BCUT2D eigenvalue weighted by Crippen LogP contribution is 2.20. The summed E-state index contributed by atoms with van der Waals surface area (Å²) in [5, 5.41) is 3.58. The molecule has 1 aliphatic rings. The molecule has 3 heteroatoms. The van der Waals surface area contributed by atoms with Gasteiger partial charge in [-0.15, -0.1) is 0 Å². The summed E-state index contributed by atoms with van der Waals surface area (Å²) in [6, 6.07) is 6.49. The zero-order valence-corrected chi connectivity index (χ0v) is 13.6. The first-order valence-electron chi connectivity index (χ1n) is 8.09. The van der Waals surface area contributed by atoms with Gasteiger partial charge < -0.3 is 10.2 Å². The van der Waals surface area contributed by atoms with Gasteiger partial charge in [-0.05, 0) is 62.3 Å². The van der Waals surface area contributed by atoms with E-state index in [1.807, 2.05) is 4.90 Å². The van der Waals surface area contributed by atoms with Crippen molar-refractivity contribution in [2.75, 3.05) is 19.6 Å². The van der Waals surface area contributed by atoms with Crippen LogP contribution in [0.15, 0.2) is 18.2 Å². The van der Waals surface area contributed by atoms with Crippen LogP contribution in [0, 0.1) is 19.8 Å². The summed E-state index contributed by atoms with van der Waals surface area (Å²) in [6.07, 6.45) is 3.53. The molecule has 116 valence electrons. The molecule has 0 aromatic heterocycles. The van der Waals surface area contributed by atoms with Crippen LogP contribution in [0.4, 0.5) is 0 Å². The van der Waals surface area contributed by atoms with E-state index in [-0.39, 0.29) is 5.91 Å². The third kappa shape index (κ3) is 4.57. The summed E-state index contributed by atoms with van der Waals surface area (Å²) in [4.78, 5) is 13.3. The van der Waals surface area contributed by atoms with Crippen LogP contribution in [0.3, 0.4) is 0 Å². The van der Waals surface area contributed by atoms with Crippen molar-refractivity contribution in [1.29, 1.82) is 0 Å². The predicted octanol–water partition coefficient (Wildman–Crippen LogP) is 3.04. The topological polar surface area (TPSA) is 32.3 Å². The van der Waals surface area contributed by atoms with E-state index >= 15 is 0 Å². The lowest BCUT2D eigenvalue weighted by molar-refractivity contribution is -0.130. The van der Waals surface area contributed by atoms with Gasteiger partial charge in [0.05, 0.1) is 0 Å². The molecule has 0 saturated carbocycles. The second-order valence-corrected chi connectivity index (χ2v) is 6.29. The lowest BCUT2D eigenvalue weighted by Gasteiger charge is -2.31. The fourth-order valence-corrected chi connectivity index (χ4v) is 3.18. The first-order chi connectivity index (χ1) is 10.1. The van der Waals surface area contributed by atoms with Crippen LogP contribution in [0.5, 0.6) is 0 Å². The molecule has 1 N–H and O–H groups in total. The van der Waals surface area contributed by atoms with E-state index < -0.39 is 0 Å². The minimum absolute atomic E-state index is 0.224. The number of aryl methyl sites for hydroxylation is 2. The minimum Gasteiger partial charge on any atom is -0.343 e. The quantitative estimate of drug-likeness (QED) is 0.845. The number of amides is 1. The molecule has 0 spiro atoms. The number of hydrogen-bond acceptors (Lipinski definition) is 2. The molecule has 1 aliphatic heterocycles. The van der Waals surface area contributed by atoms with E-state index in [1.165, 1.54) is 23.1 Å². The van der Waals surface area contributed by atoms with Crippen molar-refractivity contribution >= 4 is 5.91 Å². The Labute approximate surface area is 128 Å². The van der Waals surface area contributed by atoms with Crippen LogP contribution >= 0.6 is 0 Å². The lowest BCUT2D eigenvalue weighted by atomic mass is 9.93. The Morgan fingerprint density at radius 3 is 2.43 bits per heavy atom. The van der Waals surface area contributed by atoms with E-state index in [1.54, 1.807) is 6.92 Å². The SMILES string of the molecule is CC(=O)N1CCC(CCNCc2c(C)cccc2C)CC1. The number of nitrogens with zero attached hydrogens (tertiary/aromatic N) is 1. The number of piperidine rings is 1. The first-order valence-corrected chi connectivity index (χ1v) is 8.09. The normalized spacial score (nSPS) is 16.2. The van der Waals surface area contributed by atoms with Gasteiger partial charge in [0, 0.05) is 26.6 Å². The molecule has 0 aliphatic carbocycles.